The Morgan fingerprint density at radius 2 is 2.00 bits per heavy atom. The number of carbonyl (C=O) groups is 2. The molecule has 100 valence electrons. The van der Waals surface area contributed by atoms with E-state index in [1.165, 1.54) is 0 Å². The van der Waals surface area contributed by atoms with Gasteiger partial charge in [0.15, 0.2) is 0 Å². The normalized spacial score (nSPS) is 11.3. The van der Waals surface area contributed by atoms with E-state index < -0.39 is 17.3 Å². The van der Waals surface area contributed by atoms with Crippen LogP contribution in [0.4, 0.5) is 0 Å². The Morgan fingerprint density at radius 1 is 1.39 bits per heavy atom. The average Bonchev–Trinajstić information content (AvgIpc) is 2.77. The van der Waals surface area contributed by atoms with Gasteiger partial charge in [0, 0.05) is 6.54 Å². The fraction of sp³-hybridized carbons (Fsp3) is 0.636. The maximum absolute atomic E-state index is 11.7. The number of rotatable bonds is 6. The lowest BCUT2D eigenvalue weighted by molar-refractivity contribution is -0.149. The van der Waals surface area contributed by atoms with E-state index in [1.807, 2.05) is 0 Å². The predicted octanol–water partition coefficient (Wildman–Crippen LogP) is 0.734. The largest absolute Gasteiger partial charge is 0.481 e. The fourth-order valence-corrected chi connectivity index (χ4v) is 1.65. The zero-order valence-electron chi connectivity index (χ0n) is 10.8. The van der Waals surface area contributed by atoms with Gasteiger partial charge in [-0.05, 0) is 19.8 Å². The van der Waals surface area contributed by atoms with Crippen molar-refractivity contribution in [2.75, 3.05) is 6.54 Å². The van der Waals surface area contributed by atoms with Crippen LogP contribution in [0.15, 0.2) is 0 Å². The number of carboxylic acids is 1. The zero-order valence-corrected chi connectivity index (χ0v) is 10.8. The molecule has 0 atom stereocenters. The highest BCUT2D eigenvalue weighted by Crippen LogP contribution is 2.25. The summed E-state index contributed by atoms with van der Waals surface area (Å²) >= 11 is 0. The van der Waals surface area contributed by atoms with Gasteiger partial charge >= 0.3 is 5.97 Å². The van der Waals surface area contributed by atoms with E-state index in [-0.39, 0.29) is 12.4 Å². The van der Waals surface area contributed by atoms with Gasteiger partial charge < -0.3 is 10.4 Å². The first-order valence-electron chi connectivity index (χ1n) is 5.85. The van der Waals surface area contributed by atoms with Gasteiger partial charge in [-0.3, -0.25) is 14.7 Å². The van der Waals surface area contributed by atoms with Crippen LogP contribution in [0.2, 0.25) is 0 Å². The molecule has 0 aliphatic heterocycles. The van der Waals surface area contributed by atoms with Crippen LogP contribution in [0.5, 0.6) is 0 Å². The monoisotopic (exact) mass is 254 g/mol. The lowest BCUT2D eigenvalue weighted by Crippen LogP contribution is -2.42. The van der Waals surface area contributed by atoms with Gasteiger partial charge in [-0.25, -0.2) is 4.98 Å². The third-order valence-electron chi connectivity index (χ3n) is 3.19. The number of amides is 1. The molecule has 0 saturated heterocycles. The van der Waals surface area contributed by atoms with E-state index in [1.54, 1.807) is 20.8 Å². The first kappa shape index (κ1) is 14.1. The quantitative estimate of drug-likeness (QED) is 0.693. The number of hydrogen-bond donors (Lipinski definition) is 3. The second kappa shape index (κ2) is 5.61. The number of nitrogens with zero attached hydrogens (tertiary/aromatic N) is 2. The van der Waals surface area contributed by atoms with Crippen LogP contribution < -0.4 is 5.32 Å². The van der Waals surface area contributed by atoms with Crippen LogP contribution in [0, 0.1) is 12.3 Å². The van der Waals surface area contributed by atoms with Crippen LogP contribution in [0.25, 0.3) is 0 Å². The molecule has 0 aliphatic carbocycles. The Bertz CT molecular complexity index is 437. The Labute approximate surface area is 105 Å². The van der Waals surface area contributed by atoms with E-state index >= 15 is 0 Å². The van der Waals surface area contributed by atoms with Gasteiger partial charge in [-0.1, -0.05) is 13.8 Å². The highest BCUT2D eigenvalue weighted by atomic mass is 16.4. The van der Waals surface area contributed by atoms with Gasteiger partial charge in [0.25, 0.3) is 5.91 Å². The third-order valence-corrected chi connectivity index (χ3v) is 3.19. The minimum atomic E-state index is -0.930. The highest BCUT2D eigenvalue weighted by molar-refractivity contribution is 5.90. The minimum absolute atomic E-state index is 0.0268. The first-order chi connectivity index (χ1) is 8.45. The van der Waals surface area contributed by atoms with Gasteiger partial charge in [0.2, 0.25) is 5.82 Å². The summed E-state index contributed by atoms with van der Waals surface area (Å²) < 4.78 is 0. The molecule has 0 aliphatic rings. The van der Waals surface area contributed by atoms with E-state index in [0.29, 0.717) is 18.7 Å². The van der Waals surface area contributed by atoms with E-state index in [4.69, 9.17) is 0 Å². The van der Waals surface area contributed by atoms with Crippen molar-refractivity contribution in [1.82, 2.24) is 20.5 Å². The van der Waals surface area contributed by atoms with Gasteiger partial charge in [0.1, 0.15) is 5.82 Å². The molecule has 0 unspecified atom stereocenters. The molecule has 7 nitrogen and oxygen atoms in total. The fourth-order valence-electron chi connectivity index (χ4n) is 1.65. The van der Waals surface area contributed by atoms with Crippen LogP contribution in [0.3, 0.4) is 0 Å². The smallest absolute Gasteiger partial charge is 0.311 e. The zero-order chi connectivity index (χ0) is 13.8. The second-order valence-electron chi connectivity index (χ2n) is 4.22. The summed E-state index contributed by atoms with van der Waals surface area (Å²) in [6.45, 7) is 5.34. The van der Waals surface area contributed by atoms with Crippen LogP contribution in [-0.2, 0) is 4.79 Å². The average molecular weight is 254 g/mol. The van der Waals surface area contributed by atoms with Gasteiger partial charge in [-0.2, -0.15) is 0 Å². The van der Waals surface area contributed by atoms with Crippen molar-refractivity contribution in [1.29, 1.82) is 0 Å². The predicted molar refractivity (Wildman–Crippen MR) is 64.1 cm³/mol. The topological polar surface area (TPSA) is 108 Å². The molecule has 0 aromatic carbocycles. The molecule has 1 aromatic heterocycles. The molecule has 18 heavy (non-hydrogen) atoms. The summed E-state index contributed by atoms with van der Waals surface area (Å²) in [4.78, 5) is 26.8. The number of aromatic nitrogens is 3. The van der Waals surface area contributed by atoms with E-state index in [2.05, 4.69) is 20.5 Å². The summed E-state index contributed by atoms with van der Waals surface area (Å²) in [6.07, 6.45) is 0.901. The lowest BCUT2D eigenvalue weighted by Gasteiger charge is -2.26. The van der Waals surface area contributed by atoms with Crippen molar-refractivity contribution in [3.8, 4) is 0 Å². The van der Waals surface area contributed by atoms with Gasteiger partial charge in [0.05, 0.1) is 5.41 Å². The van der Waals surface area contributed by atoms with Crippen LogP contribution >= 0.6 is 0 Å². The molecule has 1 rings (SSSR count). The molecule has 1 amide bonds. The van der Waals surface area contributed by atoms with Crippen LogP contribution in [0.1, 0.15) is 43.1 Å². The number of nitrogens with one attached hydrogen (secondary N) is 2. The van der Waals surface area contributed by atoms with Crippen molar-refractivity contribution >= 4 is 11.9 Å². The first-order valence-corrected chi connectivity index (χ1v) is 5.85. The summed E-state index contributed by atoms with van der Waals surface area (Å²) in [5.41, 5.74) is -0.930. The number of aromatic amines is 1. The Kier molecular flexibility index (Phi) is 4.41. The molecule has 7 heteroatoms. The van der Waals surface area contributed by atoms with Crippen molar-refractivity contribution in [2.45, 2.75) is 33.6 Å². The summed E-state index contributed by atoms with van der Waals surface area (Å²) in [6, 6.07) is 0. The number of carboxylic acid groups (broad SMARTS) is 1. The molecular weight excluding hydrogens is 236 g/mol. The number of carbonyl (C=O) groups excluding carboxylic acids is 1. The minimum Gasteiger partial charge on any atom is -0.481 e. The maximum Gasteiger partial charge on any atom is 0.311 e. The van der Waals surface area contributed by atoms with E-state index in [0.717, 1.165) is 0 Å². The molecule has 1 heterocycles. The Balaban J connectivity index is 2.69. The molecular formula is C11H18N4O3. The van der Waals surface area contributed by atoms with Crippen molar-refractivity contribution in [3.63, 3.8) is 0 Å². The standard InChI is InChI=1S/C11H18N4O3/c1-4-11(5-2,10(17)18)6-12-9(16)8-13-7(3)14-15-8/h4-6H2,1-3H3,(H,12,16)(H,17,18)(H,13,14,15). The molecule has 1 aromatic rings. The van der Waals surface area contributed by atoms with E-state index in [9.17, 15) is 14.7 Å². The SMILES string of the molecule is CCC(CC)(CNC(=O)c1n[nH]c(C)n1)C(=O)O. The van der Waals surface area contributed by atoms with Crippen molar-refractivity contribution in [3.05, 3.63) is 11.6 Å². The highest BCUT2D eigenvalue weighted by Gasteiger charge is 2.35. The van der Waals surface area contributed by atoms with Crippen molar-refractivity contribution < 1.29 is 14.7 Å². The molecule has 0 spiro atoms. The molecule has 0 bridgehead atoms. The number of H-pyrrole nitrogens is 1. The molecule has 3 N–H and O–H groups in total. The third kappa shape index (κ3) is 2.85. The molecule has 0 radical (unpaired) electrons. The lowest BCUT2D eigenvalue weighted by atomic mass is 9.82. The van der Waals surface area contributed by atoms with Crippen molar-refractivity contribution in [2.24, 2.45) is 5.41 Å². The Hall–Kier alpha value is -1.92. The number of hydrogen-bond acceptors (Lipinski definition) is 4. The summed E-state index contributed by atoms with van der Waals surface area (Å²) in [5, 5.41) is 18.1. The second-order valence-corrected chi connectivity index (χ2v) is 4.22. The summed E-state index contributed by atoms with van der Waals surface area (Å²) in [7, 11) is 0. The molecule has 0 fully saturated rings. The van der Waals surface area contributed by atoms with Gasteiger partial charge in [-0.15, -0.1) is 5.10 Å². The molecule has 0 saturated carbocycles. The Morgan fingerprint density at radius 3 is 2.39 bits per heavy atom. The van der Waals surface area contributed by atoms with Crippen LogP contribution in [-0.4, -0.2) is 38.7 Å². The summed E-state index contributed by atoms with van der Waals surface area (Å²) in [5.74, 6) is -0.805. The maximum atomic E-state index is 11.7. The number of aryl methyl sites for hydroxylation is 1. The number of aliphatic carboxylic acids is 1.